The first kappa shape index (κ1) is 17.2. The predicted molar refractivity (Wildman–Crippen MR) is 84.5 cm³/mol. The predicted octanol–water partition coefficient (Wildman–Crippen LogP) is 1.12. The fraction of sp³-hybridized carbons (Fsp3) is 0.571. The molecule has 1 aliphatic heterocycles. The van der Waals surface area contributed by atoms with Crippen molar-refractivity contribution in [2.45, 2.75) is 30.4 Å². The van der Waals surface area contributed by atoms with Gasteiger partial charge >= 0.3 is 0 Å². The van der Waals surface area contributed by atoms with Gasteiger partial charge in [-0.2, -0.15) is 4.31 Å². The molecule has 0 bridgehead atoms. The summed E-state index contributed by atoms with van der Waals surface area (Å²) in [5.41, 5.74) is 1.47. The van der Waals surface area contributed by atoms with Crippen LogP contribution in [0.3, 0.4) is 0 Å². The van der Waals surface area contributed by atoms with Crippen LogP contribution < -0.4 is 4.74 Å². The topological polar surface area (TPSA) is 80.8 Å². The average Bonchev–Trinajstić information content (AvgIpc) is 2.88. The highest BCUT2D eigenvalue weighted by atomic mass is 32.2. The Kier molecular flexibility index (Phi) is 4.56. The largest absolute Gasteiger partial charge is 0.496 e. The van der Waals surface area contributed by atoms with Gasteiger partial charge in [-0.3, -0.25) is 0 Å². The van der Waals surface area contributed by atoms with Crippen LogP contribution in [0.2, 0.25) is 0 Å². The van der Waals surface area contributed by atoms with Crippen LogP contribution in [0.5, 0.6) is 5.75 Å². The van der Waals surface area contributed by atoms with E-state index in [9.17, 15) is 16.8 Å². The van der Waals surface area contributed by atoms with Gasteiger partial charge in [0.15, 0.2) is 9.84 Å². The number of hydrogen-bond donors (Lipinski definition) is 0. The molecule has 124 valence electrons. The number of sulfonamides is 1. The van der Waals surface area contributed by atoms with Crippen LogP contribution >= 0.6 is 0 Å². The molecule has 0 radical (unpaired) electrons. The highest BCUT2D eigenvalue weighted by Crippen LogP contribution is 2.30. The summed E-state index contributed by atoms with van der Waals surface area (Å²) in [6.07, 6.45) is 1.49. The fourth-order valence-electron chi connectivity index (χ4n) is 2.80. The zero-order chi connectivity index (χ0) is 16.7. The van der Waals surface area contributed by atoms with E-state index in [1.807, 2.05) is 0 Å². The molecule has 0 spiro atoms. The molecule has 6 nitrogen and oxygen atoms in total. The minimum atomic E-state index is -3.69. The third kappa shape index (κ3) is 3.13. The maximum absolute atomic E-state index is 12.7. The maximum Gasteiger partial charge on any atom is 0.243 e. The van der Waals surface area contributed by atoms with E-state index in [-0.39, 0.29) is 18.0 Å². The molecule has 1 heterocycles. The van der Waals surface area contributed by atoms with E-state index in [4.69, 9.17) is 4.74 Å². The van der Waals surface area contributed by atoms with Crippen LogP contribution in [0.15, 0.2) is 17.0 Å². The molecule has 0 aromatic heterocycles. The Morgan fingerprint density at radius 3 is 2.09 bits per heavy atom. The van der Waals surface area contributed by atoms with Crippen LogP contribution in [0.1, 0.15) is 17.5 Å². The van der Waals surface area contributed by atoms with Crippen molar-refractivity contribution < 1.29 is 21.6 Å². The summed E-state index contributed by atoms with van der Waals surface area (Å²) in [6.45, 7) is 3.82. The third-order valence-electron chi connectivity index (χ3n) is 3.99. The number of aryl methyl sites for hydroxylation is 2. The molecular formula is C14H21NO5S2. The van der Waals surface area contributed by atoms with Gasteiger partial charge in [-0.25, -0.2) is 16.8 Å². The first-order chi connectivity index (χ1) is 10.1. The number of hydrogen-bond acceptors (Lipinski definition) is 5. The summed E-state index contributed by atoms with van der Waals surface area (Å²) in [7, 11) is -5.38. The summed E-state index contributed by atoms with van der Waals surface area (Å²) in [5, 5.41) is -0.622. The summed E-state index contributed by atoms with van der Waals surface area (Å²) >= 11 is 0. The highest BCUT2D eigenvalue weighted by Gasteiger charge is 2.37. The van der Waals surface area contributed by atoms with Crippen LogP contribution in [0.4, 0.5) is 0 Å². The number of methoxy groups -OCH3 is 1. The number of rotatable bonds is 4. The quantitative estimate of drug-likeness (QED) is 0.815. The first-order valence-electron chi connectivity index (χ1n) is 6.91. The summed E-state index contributed by atoms with van der Waals surface area (Å²) in [5.74, 6) is 0.661. The van der Waals surface area contributed by atoms with Crippen molar-refractivity contribution in [2.24, 2.45) is 0 Å². The molecule has 0 aliphatic carbocycles. The van der Waals surface area contributed by atoms with Gasteiger partial charge in [0.05, 0.1) is 17.3 Å². The van der Waals surface area contributed by atoms with Crippen LogP contribution in [0, 0.1) is 13.8 Å². The van der Waals surface area contributed by atoms with Crippen molar-refractivity contribution in [3.05, 3.63) is 23.3 Å². The highest BCUT2D eigenvalue weighted by molar-refractivity contribution is 7.91. The first-order valence-corrected chi connectivity index (χ1v) is 10.3. The molecule has 1 atom stereocenters. The summed E-state index contributed by atoms with van der Waals surface area (Å²) < 4.78 is 55.1. The van der Waals surface area contributed by atoms with Crippen LogP contribution in [-0.4, -0.2) is 52.8 Å². The number of ether oxygens (including phenoxy) is 1. The van der Waals surface area contributed by atoms with Gasteiger partial charge in [-0.05, 0) is 43.5 Å². The van der Waals surface area contributed by atoms with Gasteiger partial charge in [0.2, 0.25) is 10.0 Å². The molecule has 1 fully saturated rings. The molecule has 8 heteroatoms. The van der Waals surface area contributed by atoms with E-state index < -0.39 is 25.1 Å². The Morgan fingerprint density at radius 1 is 1.14 bits per heavy atom. The van der Waals surface area contributed by atoms with E-state index in [1.54, 1.807) is 33.1 Å². The van der Waals surface area contributed by atoms with E-state index >= 15 is 0 Å². The Balaban J connectivity index is 2.37. The van der Waals surface area contributed by atoms with E-state index in [1.165, 1.54) is 4.31 Å². The van der Waals surface area contributed by atoms with Crippen molar-refractivity contribution in [3.63, 3.8) is 0 Å². The minimum absolute atomic E-state index is 0.0191. The van der Waals surface area contributed by atoms with E-state index in [0.717, 1.165) is 17.4 Å². The van der Waals surface area contributed by atoms with E-state index in [2.05, 4.69) is 0 Å². The lowest BCUT2D eigenvalue weighted by atomic mass is 10.1. The van der Waals surface area contributed by atoms with Gasteiger partial charge < -0.3 is 4.74 Å². The Hall–Kier alpha value is -1.12. The zero-order valence-corrected chi connectivity index (χ0v) is 14.8. The molecule has 2 rings (SSSR count). The Bertz CT molecular complexity index is 760. The second-order valence-corrected chi connectivity index (χ2v) is 9.96. The summed E-state index contributed by atoms with van der Waals surface area (Å²) in [6, 6.07) is 3.13. The number of benzene rings is 1. The Morgan fingerprint density at radius 2 is 1.68 bits per heavy atom. The number of nitrogens with zero attached hydrogens (tertiary/aromatic N) is 1. The van der Waals surface area contributed by atoms with Crippen molar-refractivity contribution in [1.82, 2.24) is 4.31 Å². The molecule has 1 aliphatic rings. The fourth-order valence-corrected chi connectivity index (χ4v) is 5.55. The third-order valence-corrected chi connectivity index (χ3v) is 7.43. The lowest BCUT2D eigenvalue weighted by Crippen LogP contribution is -2.31. The molecule has 0 saturated carbocycles. The molecule has 1 aromatic rings. The monoisotopic (exact) mass is 347 g/mol. The van der Waals surface area contributed by atoms with Gasteiger partial charge in [0.25, 0.3) is 0 Å². The van der Waals surface area contributed by atoms with Gasteiger partial charge in [0.1, 0.15) is 5.75 Å². The standard InChI is InChI=1S/C14H21NO5S2/c1-10-7-13(8-11(2)14(10)20-3)22(18,19)15-6-5-12(9-15)21(4,16)17/h7-8,12H,5-6,9H2,1-4H3. The van der Waals surface area contributed by atoms with Crippen molar-refractivity contribution in [1.29, 1.82) is 0 Å². The second-order valence-electron chi connectivity index (χ2n) is 5.69. The lowest BCUT2D eigenvalue weighted by molar-refractivity contribution is 0.408. The SMILES string of the molecule is COc1c(C)cc(S(=O)(=O)N2CCC(S(C)(=O)=O)C2)cc1C. The van der Waals surface area contributed by atoms with Crippen LogP contribution in [-0.2, 0) is 19.9 Å². The lowest BCUT2D eigenvalue weighted by Gasteiger charge is -2.18. The molecule has 0 N–H and O–H groups in total. The van der Waals surface area contributed by atoms with Gasteiger partial charge in [0, 0.05) is 19.3 Å². The molecule has 0 amide bonds. The maximum atomic E-state index is 12.7. The normalized spacial score (nSPS) is 20.3. The van der Waals surface area contributed by atoms with Gasteiger partial charge in [-0.15, -0.1) is 0 Å². The average molecular weight is 347 g/mol. The zero-order valence-electron chi connectivity index (χ0n) is 13.2. The van der Waals surface area contributed by atoms with Crippen molar-refractivity contribution in [2.75, 3.05) is 26.5 Å². The van der Waals surface area contributed by atoms with Crippen LogP contribution in [0.25, 0.3) is 0 Å². The molecular weight excluding hydrogens is 326 g/mol. The molecule has 1 aromatic carbocycles. The molecule has 1 saturated heterocycles. The minimum Gasteiger partial charge on any atom is -0.496 e. The smallest absolute Gasteiger partial charge is 0.243 e. The Labute approximate surface area is 132 Å². The second kappa shape index (κ2) is 5.82. The van der Waals surface area contributed by atoms with Crippen molar-refractivity contribution in [3.8, 4) is 5.75 Å². The van der Waals surface area contributed by atoms with Gasteiger partial charge in [-0.1, -0.05) is 0 Å². The number of sulfone groups is 1. The molecule has 22 heavy (non-hydrogen) atoms. The van der Waals surface area contributed by atoms with E-state index in [0.29, 0.717) is 12.2 Å². The summed E-state index contributed by atoms with van der Waals surface area (Å²) in [4.78, 5) is 0.178. The molecule has 1 unspecified atom stereocenters. The van der Waals surface area contributed by atoms with Crippen molar-refractivity contribution >= 4 is 19.9 Å².